The van der Waals surface area contributed by atoms with Crippen molar-refractivity contribution < 1.29 is 19.1 Å². The lowest BCUT2D eigenvalue weighted by Crippen LogP contribution is -2.51. The molecule has 122 valence electrons. The molecule has 7 atom stereocenters. The van der Waals surface area contributed by atoms with Gasteiger partial charge in [0.2, 0.25) is 0 Å². The molecule has 1 saturated carbocycles. The van der Waals surface area contributed by atoms with Crippen LogP contribution in [0.2, 0.25) is 0 Å². The number of esters is 1. The fourth-order valence-corrected chi connectivity index (χ4v) is 5.89. The van der Waals surface area contributed by atoms with Gasteiger partial charge in [0.1, 0.15) is 12.2 Å². The van der Waals surface area contributed by atoms with E-state index in [1.807, 2.05) is 32.9 Å². The predicted molar refractivity (Wildman–Crippen MR) is 84.5 cm³/mol. The molecule has 0 aromatic heterocycles. The lowest BCUT2D eigenvalue weighted by atomic mass is 9.62. The van der Waals surface area contributed by atoms with Crippen LogP contribution < -0.4 is 0 Å². The van der Waals surface area contributed by atoms with Crippen molar-refractivity contribution in [3.63, 3.8) is 0 Å². The first-order valence-corrected chi connectivity index (χ1v) is 8.17. The molecule has 0 spiro atoms. The molecule has 2 aliphatic heterocycles. The summed E-state index contributed by atoms with van der Waals surface area (Å²) in [7, 11) is 0. The van der Waals surface area contributed by atoms with Crippen LogP contribution in [0.3, 0.4) is 0 Å². The Morgan fingerprint density at radius 2 is 1.96 bits per heavy atom. The quantitative estimate of drug-likeness (QED) is 0.424. The van der Waals surface area contributed by atoms with Gasteiger partial charge in [0.25, 0.3) is 0 Å². The summed E-state index contributed by atoms with van der Waals surface area (Å²) in [5.41, 5.74) is -1.13. The SMILES string of the molecule is C=C[C@@H]1[C@]2(C)C=CC(=O)[C@@]1(C)[C@]1(C)O[C@@H]3C(=CC)C(=O)O[C@@H]3[C@H]21. The minimum atomic E-state index is -0.696. The predicted octanol–water partition coefficient (Wildman–Crippen LogP) is 2.60. The molecule has 0 aromatic carbocycles. The van der Waals surface area contributed by atoms with Gasteiger partial charge in [-0.2, -0.15) is 0 Å². The number of fused-ring (bicyclic) bond motifs is 7. The number of ketones is 1. The first kappa shape index (κ1) is 14.9. The number of hydrogen-bond donors (Lipinski definition) is 0. The number of carbonyl (C=O) groups excluding carboxylic acids is 2. The third-order valence-electron chi connectivity index (χ3n) is 7.02. The van der Waals surface area contributed by atoms with Crippen molar-refractivity contribution in [2.45, 2.75) is 45.5 Å². The molecule has 4 aliphatic rings. The first-order valence-electron chi connectivity index (χ1n) is 8.17. The maximum Gasteiger partial charge on any atom is 0.336 e. The monoisotopic (exact) mass is 314 g/mol. The molecule has 2 bridgehead atoms. The molecule has 0 amide bonds. The zero-order chi connectivity index (χ0) is 16.8. The van der Waals surface area contributed by atoms with Crippen molar-refractivity contribution >= 4 is 11.8 Å². The smallest absolute Gasteiger partial charge is 0.336 e. The van der Waals surface area contributed by atoms with Gasteiger partial charge in [-0.3, -0.25) is 4.79 Å². The van der Waals surface area contributed by atoms with E-state index in [1.54, 1.807) is 12.2 Å². The van der Waals surface area contributed by atoms with Gasteiger partial charge in [-0.25, -0.2) is 4.79 Å². The van der Waals surface area contributed by atoms with Gasteiger partial charge >= 0.3 is 5.97 Å². The molecule has 4 heteroatoms. The Kier molecular flexibility index (Phi) is 2.62. The Bertz CT molecular complexity index is 704. The van der Waals surface area contributed by atoms with Crippen molar-refractivity contribution in [1.82, 2.24) is 0 Å². The van der Waals surface area contributed by atoms with E-state index in [9.17, 15) is 9.59 Å². The normalized spacial score (nSPS) is 55.0. The maximum atomic E-state index is 12.8. The van der Waals surface area contributed by atoms with E-state index < -0.39 is 11.0 Å². The average molecular weight is 314 g/mol. The van der Waals surface area contributed by atoms with Crippen molar-refractivity contribution in [3.05, 3.63) is 36.5 Å². The number of carbonyl (C=O) groups is 2. The van der Waals surface area contributed by atoms with Gasteiger partial charge in [-0.05, 0) is 26.8 Å². The maximum absolute atomic E-state index is 12.8. The van der Waals surface area contributed by atoms with E-state index in [2.05, 4.69) is 13.5 Å². The van der Waals surface area contributed by atoms with Crippen LogP contribution in [-0.2, 0) is 19.1 Å². The molecular formula is C19H22O4. The van der Waals surface area contributed by atoms with Gasteiger partial charge in [-0.15, -0.1) is 6.58 Å². The molecule has 0 unspecified atom stereocenters. The van der Waals surface area contributed by atoms with Crippen molar-refractivity contribution in [3.8, 4) is 0 Å². The van der Waals surface area contributed by atoms with E-state index >= 15 is 0 Å². The van der Waals surface area contributed by atoms with Crippen LogP contribution >= 0.6 is 0 Å². The highest BCUT2D eigenvalue weighted by atomic mass is 16.6. The summed E-state index contributed by atoms with van der Waals surface area (Å²) in [6, 6.07) is 0. The summed E-state index contributed by atoms with van der Waals surface area (Å²) in [6.45, 7) is 11.9. The summed E-state index contributed by atoms with van der Waals surface area (Å²) < 4.78 is 12.1. The summed E-state index contributed by atoms with van der Waals surface area (Å²) in [6.07, 6.45) is 6.56. The molecule has 2 heterocycles. The summed E-state index contributed by atoms with van der Waals surface area (Å²) in [5, 5.41) is 0. The Morgan fingerprint density at radius 1 is 1.26 bits per heavy atom. The van der Waals surface area contributed by atoms with E-state index in [0.29, 0.717) is 5.57 Å². The number of ether oxygens (including phenoxy) is 2. The second-order valence-corrected chi connectivity index (χ2v) is 7.72. The third kappa shape index (κ3) is 1.30. The van der Waals surface area contributed by atoms with Crippen LogP contribution in [-0.4, -0.2) is 29.6 Å². The van der Waals surface area contributed by atoms with Crippen LogP contribution in [0.4, 0.5) is 0 Å². The van der Waals surface area contributed by atoms with Gasteiger partial charge in [0.15, 0.2) is 5.78 Å². The van der Waals surface area contributed by atoms with E-state index in [4.69, 9.17) is 9.47 Å². The van der Waals surface area contributed by atoms with Crippen LogP contribution in [0.15, 0.2) is 36.5 Å². The van der Waals surface area contributed by atoms with Crippen LogP contribution in [0.25, 0.3) is 0 Å². The topological polar surface area (TPSA) is 52.6 Å². The minimum Gasteiger partial charge on any atom is -0.455 e. The molecule has 23 heavy (non-hydrogen) atoms. The third-order valence-corrected chi connectivity index (χ3v) is 7.02. The fraction of sp³-hybridized carbons (Fsp3) is 0.579. The van der Waals surface area contributed by atoms with Crippen LogP contribution in [0, 0.1) is 22.7 Å². The summed E-state index contributed by atoms with van der Waals surface area (Å²) in [4.78, 5) is 25.0. The minimum absolute atomic E-state index is 0.0446. The van der Waals surface area contributed by atoms with E-state index in [1.165, 1.54) is 0 Å². The zero-order valence-electron chi connectivity index (χ0n) is 14.0. The lowest BCUT2D eigenvalue weighted by Gasteiger charge is -2.43. The first-order chi connectivity index (χ1) is 10.8. The highest BCUT2D eigenvalue weighted by Crippen LogP contribution is 2.72. The molecule has 0 N–H and O–H groups in total. The highest BCUT2D eigenvalue weighted by Gasteiger charge is 2.79. The van der Waals surface area contributed by atoms with Crippen molar-refractivity contribution in [1.29, 1.82) is 0 Å². The van der Waals surface area contributed by atoms with E-state index in [-0.39, 0.29) is 41.2 Å². The lowest BCUT2D eigenvalue weighted by molar-refractivity contribution is -0.147. The molecular weight excluding hydrogens is 292 g/mol. The van der Waals surface area contributed by atoms with Crippen molar-refractivity contribution in [2.24, 2.45) is 22.7 Å². The standard InChI is InChI=1S/C19H22O4/c1-6-10-13-14(22-16(10)21)15-17(3)9-8-12(20)18(4,11(17)7-2)19(15,5)23-13/h6-9,11,13-15H,2H2,1,3-5H3/t11-,13-,14+,15-,17+,18+,19-/m1/s1. The molecule has 2 saturated heterocycles. The second kappa shape index (κ2) is 4.04. The van der Waals surface area contributed by atoms with Gasteiger partial charge in [-0.1, -0.05) is 25.2 Å². The second-order valence-electron chi connectivity index (χ2n) is 7.72. The zero-order valence-corrected chi connectivity index (χ0v) is 14.0. The van der Waals surface area contributed by atoms with Gasteiger partial charge in [0.05, 0.1) is 16.6 Å². The van der Waals surface area contributed by atoms with Crippen LogP contribution in [0.5, 0.6) is 0 Å². The Morgan fingerprint density at radius 3 is 2.57 bits per heavy atom. The molecule has 3 fully saturated rings. The Balaban J connectivity index is 1.95. The van der Waals surface area contributed by atoms with Crippen LogP contribution in [0.1, 0.15) is 27.7 Å². The van der Waals surface area contributed by atoms with Crippen molar-refractivity contribution in [2.75, 3.05) is 0 Å². The number of hydrogen-bond acceptors (Lipinski definition) is 4. The van der Waals surface area contributed by atoms with Gasteiger partial charge in [0, 0.05) is 17.3 Å². The number of rotatable bonds is 1. The highest BCUT2D eigenvalue weighted by molar-refractivity contribution is 5.99. The Hall–Kier alpha value is -1.68. The van der Waals surface area contributed by atoms with Gasteiger partial charge < -0.3 is 9.47 Å². The summed E-state index contributed by atoms with van der Waals surface area (Å²) >= 11 is 0. The number of allylic oxidation sites excluding steroid dienone is 4. The average Bonchev–Trinajstić information content (AvgIpc) is 2.97. The van der Waals surface area contributed by atoms with E-state index in [0.717, 1.165) is 0 Å². The summed E-state index contributed by atoms with van der Waals surface area (Å²) in [5.74, 6) is -0.350. The molecule has 0 radical (unpaired) electrons. The molecule has 2 aliphatic carbocycles. The largest absolute Gasteiger partial charge is 0.455 e. The molecule has 0 aromatic rings. The molecule has 4 rings (SSSR count). The fourth-order valence-electron chi connectivity index (χ4n) is 5.89. The Labute approximate surface area is 136 Å². The molecule has 4 nitrogen and oxygen atoms in total.